The van der Waals surface area contributed by atoms with E-state index in [9.17, 15) is 0 Å². The highest BCUT2D eigenvalue weighted by molar-refractivity contribution is 8.34. The van der Waals surface area contributed by atoms with Gasteiger partial charge in [0, 0.05) is 46.8 Å². The molecule has 2 nitrogen and oxygen atoms in total. The number of fused-ring (bicyclic) bond motifs is 6. The van der Waals surface area contributed by atoms with Crippen molar-refractivity contribution in [2.75, 3.05) is 0 Å². The van der Waals surface area contributed by atoms with Gasteiger partial charge in [0.25, 0.3) is 0 Å². The van der Waals surface area contributed by atoms with Gasteiger partial charge < -0.3 is 9.13 Å². The predicted octanol–water partition coefficient (Wildman–Crippen LogP) is 16.6. The van der Waals surface area contributed by atoms with E-state index in [4.69, 9.17) is 0 Å². The van der Waals surface area contributed by atoms with E-state index in [0.717, 1.165) is 11.4 Å². The van der Waals surface area contributed by atoms with Crippen LogP contribution in [0.25, 0.3) is 77.2 Å². The van der Waals surface area contributed by atoms with Gasteiger partial charge in [-0.1, -0.05) is 164 Å². The van der Waals surface area contributed by atoms with Gasteiger partial charge in [0.05, 0.1) is 27.8 Å². The van der Waals surface area contributed by atoms with Crippen LogP contribution in [-0.2, 0) is 0 Å². The summed E-state index contributed by atoms with van der Waals surface area (Å²) in [4.78, 5) is 5.21. The molecule has 63 heavy (non-hydrogen) atoms. The van der Waals surface area contributed by atoms with Gasteiger partial charge in [-0.3, -0.25) is 0 Å². The Morgan fingerprint density at radius 2 is 0.714 bits per heavy atom. The van der Waals surface area contributed by atoms with Crippen molar-refractivity contribution in [2.45, 2.75) is 19.6 Å². The van der Waals surface area contributed by atoms with Gasteiger partial charge in [0.15, 0.2) is 0 Å². The van der Waals surface area contributed by atoms with Gasteiger partial charge >= 0.3 is 0 Å². The third-order valence-electron chi connectivity index (χ3n) is 12.6. The number of nitrogens with zero attached hydrogens (tertiary/aromatic N) is 2. The van der Waals surface area contributed by atoms with E-state index in [1.54, 1.807) is 0 Å². The fourth-order valence-corrected chi connectivity index (χ4v) is 13.9. The van der Waals surface area contributed by atoms with Crippen molar-refractivity contribution in [1.29, 1.82) is 0 Å². The summed E-state index contributed by atoms with van der Waals surface area (Å²) in [6, 6.07) is 93.8. The molecule has 0 amide bonds. The van der Waals surface area contributed by atoms with Crippen LogP contribution in [0, 0.1) is 0 Å². The Morgan fingerprint density at radius 1 is 0.270 bits per heavy atom. The molecule has 0 aliphatic rings. The van der Waals surface area contributed by atoms with Crippen LogP contribution in [0.5, 0.6) is 0 Å². The van der Waals surface area contributed by atoms with Crippen LogP contribution >= 0.6 is 10.0 Å². The average Bonchev–Trinajstić information content (AvgIpc) is 3.89. The summed E-state index contributed by atoms with van der Waals surface area (Å²) in [6.45, 7) is 0. The Bertz CT molecular complexity index is 3510. The van der Waals surface area contributed by atoms with Crippen LogP contribution in [0.15, 0.2) is 274 Å². The lowest BCUT2D eigenvalue weighted by molar-refractivity contribution is 1.14. The van der Waals surface area contributed by atoms with Crippen LogP contribution in [0.4, 0.5) is 0 Å². The molecule has 0 atom stereocenters. The largest absolute Gasteiger partial charge is 0.309 e. The van der Waals surface area contributed by atoms with Crippen LogP contribution in [-0.4, -0.2) is 9.13 Å². The van der Waals surface area contributed by atoms with Crippen LogP contribution < -0.4 is 0 Å². The monoisotopic (exact) mass is 822 g/mol. The van der Waals surface area contributed by atoms with E-state index in [2.05, 4.69) is 264 Å². The molecule has 0 N–H and O–H groups in total. The van der Waals surface area contributed by atoms with E-state index in [1.165, 1.54) is 85.4 Å². The Kier molecular flexibility index (Phi) is 8.95. The SMILES string of the molecule is c1ccc(-c2cccc(-c3cccc4c3c3ccccc3n4-c3cccc4c3c3ccccc3n4-c3cccc(S(c4ccccc4)(c4ccccc4)c4ccccc4)c3)c2)cc1. The first-order valence-electron chi connectivity index (χ1n) is 21.6. The maximum Gasteiger partial charge on any atom is 0.0562 e. The highest BCUT2D eigenvalue weighted by Gasteiger charge is 2.33. The second-order valence-electron chi connectivity index (χ2n) is 16.1. The second kappa shape index (κ2) is 15.3. The van der Waals surface area contributed by atoms with Crippen LogP contribution in [0.1, 0.15) is 0 Å². The topological polar surface area (TPSA) is 9.86 Å². The Hall–Kier alpha value is -7.85. The molecule has 10 aromatic carbocycles. The van der Waals surface area contributed by atoms with Crippen LogP contribution in [0.2, 0.25) is 0 Å². The summed E-state index contributed by atoms with van der Waals surface area (Å²) >= 11 is 0. The molecular formula is C60H42N2S. The first-order valence-corrected chi connectivity index (χ1v) is 23.2. The van der Waals surface area contributed by atoms with Crippen molar-refractivity contribution in [1.82, 2.24) is 9.13 Å². The van der Waals surface area contributed by atoms with Crippen molar-refractivity contribution in [3.63, 3.8) is 0 Å². The van der Waals surface area contributed by atoms with E-state index >= 15 is 0 Å². The zero-order chi connectivity index (χ0) is 41.7. The van der Waals surface area contributed by atoms with Crippen molar-refractivity contribution < 1.29 is 0 Å². The molecule has 0 saturated carbocycles. The zero-order valence-electron chi connectivity index (χ0n) is 34.6. The van der Waals surface area contributed by atoms with Gasteiger partial charge in [-0.15, -0.1) is 10.0 Å². The summed E-state index contributed by atoms with van der Waals surface area (Å²) < 4.78 is 4.98. The number of para-hydroxylation sites is 2. The van der Waals surface area contributed by atoms with Gasteiger partial charge in [0.2, 0.25) is 0 Å². The highest BCUT2D eigenvalue weighted by Crippen LogP contribution is 2.73. The molecular weight excluding hydrogens is 781 g/mol. The van der Waals surface area contributed by atoms with Gasteiger partial charge in [-0.05, 0) is 113 Å². The minimum absolute atomic E-state index is 1.14. The van der Waals surface area contributed by atoms with Crippen molar-refractivity contribution in [3.8, 4) is 33.6 Å². The molecule has 2 aromatic heterocycles. The van der Waals surface area contributed by atoms with Gasteiger partial charge in [-0.2, -0.15) is 0 Å². The minimum atomic E-state index is -1.89. The molecule has 3 heteroatoms. The maximum atomic E-state index is 2.50. The summed E-state index contributed by atoms with van der Waals surface area (Å²) in [5, 5.41) is 4.95. The average molecular weight is 823 g/mol. The molecule has 0 unspecified atom stereocenters. The van der Waals surface area contributed by atoms with Gasteiger partial charge in [-0.25, -0.2) is 0 Å². The second-order valence-corrected chi connectivity index (χ2v) is 19.2. The van der Waals surface area contributed by atoms with Crippen molar-refractivity contribution in [2.24, 2.45) is 0 Å². The minimum Gasteiger partial charge on any atom is -0.309 e. The van der Waals surface area contributed by atoms with Crippen molar-refractivity contribution in [3.05, 3.63) is 255 Å². The molecule has 0 aliphatic carbocycles. The number of hydrogen-bond acceptors (Lipinski definition) is 0. The molecule has 0 spiro atoms. The van der Waals surface area contributed by atoms with E-state index in [-0.39, 0.29) is 0 Å². The summed E-state index contributed by atoms with van der Waals surface area (Å²) in [5.74, 6) is 0. The van der Waals surface area contributed by atoms with E-state index < -0.39 is 10.0 Å². The Labute approximate surface area is 368 Å². The van der Waals surface area contributed by atoms with E-state index in [1.807, 2.05) is 0 Å². The third kappa shape index (κ3) is 5.89. The summed E-state index contributed by atoms with van der Waals surface area (Å²) in [6.07, 6.45) is 0. The number of benzene rings is 10. The van der Waals surface area contributed by atoms with Gasteiger partial charge in [0.1, 0.15) is 0 Å². The number of hydrogen-bond donors (Lipinski definition) is 0. The fraction of sp³-hybridized carbons (Fsp3) is 0. The fourth-order valence-electron chi connectivity index (χ4n) is 9.98. The third-order valence-corrected chi connectivity index (χ3v) is 16.5. The first-order chi connectivity index (χ1) is 31.3. The molecule has 0 saturated heterocycles. The molecule has 2 heterocycles. The predicted molar refractivity (Wildman–Crippen MR) is 266 cm³/mol. The molecule has 12 aromatic rings. The van der Waals surface area contributed by atoms with Crippen LogP contribution in [0.3, 0.4) is 0 Å². The quantitative estimate of drug-likeness (QED) is 0.144. The maximum absolute atomic E-state index is 2.50. The van der Waals surface area contributed by atoms with E-state index in [0.29, 0.717) is 0 Å². The summed E-state index contributed by atoms with van der Waals surface area (Å²) in [5.41, 5.74) is 11.9. The smallest absolute Gasteiger partial charge is 0.0562 e. The lowest BCUT2D eigenvalue weighted by atomic mass is 9.96. The molecule has 298 valence electrons. The standard InChI is InChI=1S/C60H42N2S/c1-5-21-43(22-6-1)44-23-17-24-45(41-44)51-35-19-38-56-59(51)52-33-13-16-37-55(52)62(56)58-40-20-39-57-60(58)53-34-14-15-36-54(53)61(57)46-25-18-32-50(42-46)63(47-26-7-2-8-27-47,48-28-9-3-10-29-48)49-30-11-4-12-31-49/h1-42H. The molecule has 0 bridgehead atoms. The summed E-state index contributed by atoms with van der Waals surface area (Å²) in [7, 11) is -1.89. The Balaban J connectivity index is 1.10. The molecule has 0 aliphatic heterocycles. The normalized spacial score (nSPS) is 12.1. The Morgan fingerprint density at radius 3 is 1.37 bits per heavy atom. The first kappa shape index (κ1) is 37.0. The lowest BCUT2D eigenvalue weighted by Gasteiger charge is -2.42. The molecule has 0 radical (unpaired) electrons. The molecule has 0 fully saturated rings. The molecule has 12 rings (SSSR count). The zero-order valence-corrected chi connectivity index (χ0v) is 35.4. The number of rotatable bonds is 8. The lowest BCUT2D eigenvalue weighted by Crippen LogP contribution is -2.06. The number of aromatic nitrogens is 2. The van der Waals surface area contributed by atoms with Crippen molar-refractivity contribution >= 4 is 53.6 Å². The highest BCUT2D eigenvalue weighted by atomic mass is 32.3.